The zero-order valence-corrected chi connectivity index (χ0v) is 11.8. The van der Waals surface area contributed by atoms with E-state index in [1.807, 2.05) is 16.7 Å². The van der Waals surface area contributed by atoms with E-state index in [0.717, 1.165) is 24.6 Å². The van der Waals surface area contributed by atoms with Crippen LogP contribution >= 0.6 is 23.4 Å². The molecule has 6 heteroatoms. The summed E-state index contributed by atoms with van der Waals surface area (Å²) in [6.07, 6.45) is 1.57. The molecule has 1 N–H and O–H groups in total. The summed E-state index contributed by atoms with van der Waals surface area (Å²) >= 11 is 7.60. The zero-order chi connectivity index (χ0) is 13.0. The molecular weight excluding hydrogens is 270 g/mol. The molecule has 0 aliphatic carbocycles. The Morgan fingerprint density at radius 3 is 3.17 bits per heavy atom. The van der Waals surface area contributed by atoms with Crippen LogP contribution in [0.25, 0.3) is 0 Å². The highest BCUT2D eigenvalue weighted by molar-refractivity contribution is 7.99. The van der Waals surface area contributed by atoms with E-state index in [1.165, 1.54) is 0 Å². The number of thioether (sulfide) groups is 1. The highest BCUT2D eigenvalue weighted by Crippen LogP contribution is 2.16. The predicted octanol–water partition coefficient (Wildman–Crippen LogP) is 2.95. The molecule has 1 aliphatic heterocycles. The van der Waals surface area contributed by atoms with Crippen LogP contribution in [0, 0.1) is 5.92 Å². The summed E-state index contributed by atoms with van der Waals surface area (Å²) in [5.41, 5.74) is 0.675. The van der Waals surface area contributed by atoms with Crippen LogP contribution in [0.3, 0.4) is 0 Å². The molecule has 1 unspecified atom stereocenters. The van der Waals surface area contributed by atoms with Crippen LogP contribution in [0.1, 0.15) is 6.92 Å². The first-order valence-electron chi connectivity index (χ1n) is 5.90. The molecule has 18 heavy (non-hydrogen) atoms. The number of rotatable bonds is 1. The Morgan fingerprint density at radius 2 is 2.44 bits per heavy atom. The summed E-state index contributed by atoms with van der Waals surface area (Å²) in [6.45, 7) is 3.77. The topological polar surface area (TPSA) is 45.2 Å². The Kier molecular flexibility index (Phi) is 4.72. The Hall–Kier alpha value is -0.940. The molecule has 0 radical (unpaired) electrons. The van der Waals surface area contributed by atoms with Gasteiger partial charge in [-0.1, -0.05) is 18.5 Å². The molecule has 2 rings (SSSR count). The number of aromatic nitrogens is 1. The molecule has 0 spiro atoms. The molecule has 1 aliphatic rings. The Morgan fingerprint density at radius 1 is 1.61 bits per heavy atom. The second-order valence-corrected chi connectivity index (χ2v) is 5.96. The average Bonchev–Trinajstić information content (AvgIpc) is 2.57. The normalized spacial score (nSPS) is 20.3. The van der Waals surface area contributed by atoms with Gasteiger partial charge >= 0.3 is 6.03 Å². The molecule has 0 bridgehead atoms. The van der Waals surface area contributed by atoms with Crippen LogP contribution in [0.4, 0.5) is 10.5 Å². The first-order chi connectivity index (χ1) is 8.65. The van der Waals surface area contributed by atoms with E-state index in [4.69, 9.17) is 11.6 Å². The molecular formula is C12H16ClN3OS. The summed E-state index contributed by atoms with van der Waals surface area (Å²) in [7, 11) is 0. The third kappa shape index (κ3) is 3.78. The number of amides is 2. The summed E-state index contributed by atoms with van der Waals surface area (Å²) in [5.74, 6) is 2.65. The fourth-order valence-electron chi connectivity index (χ4n) is 1.82. The van der Waals surface area contributed by atoms with Crippen molar-refractivity contribution in [3.05, 3.63) is 23.5 Å². The highest BCUT2D eigenvalue weighted by Gasteiger charge is 2.19. The van der Waals surface area contributed by atoms with Crippen LogP contribution in [0.5, 0.6) is 0 Å². The molecule has 1 saturated heterocycles. The summed E-state index contributed by atoms with van der Waals surface area (Å²) < 4.78 is 0. The molecule has 4 nitrogen and oxygen atoms in total. The fourth-order valence-corrected chi connectivity index (χ4v) is 2.95. The van der Waals surface area contributed by atoms with Crippen LogP contribution in [-0.2, 0) is 0 Å². The van der Waals surface area contributed by atoms with E-state index in [9.17, 15) is 4.79 Å². The van der Waals surface area contributed by atoms with E-state index < -0.39 is 0 Å². The van der Waals surface area contributed by atoms with Gasteiger partial charge in [-0.2, -0.15) is 11.8 Å². The van der Waals surface area contributed by atoms with Crippen molar-refractivity contribution >= 4 is 35.1 Å². The average molecular weight is 286 g/mol. The van der Waals surface area contributed by atoms with Gasteiger partial charge in [-0.25, -0.2) is 9.78 Å². The molecule has 0 aromatic carbocycles. The fraction of sp³-hybridized carbons (Fsp3) is 0.500. The number of urea groups is 1. The number of nitrogens with one attached hydrogen (secondary N) is 1. The van der Waals surface area contributed by atoms with Crippen molar-refractivity contribution in [1.82, 2.24) is 9.88 Å². The second kappa shape index (κ2) is 6.29. The lowest BCUT2D eigenvalue weighted by molar-refractivity contribution is 0.210. The third-order valence-corrected chi connectivity index (χ3v) is 4.21. The zero-order valence-electron chi connectivity index (χ0n) is 10.2. The lowest BCUT2D eigenvalue weighted by atomic mass is 10.2. The number of nitrogens with zero attached hydrogens (tertiary/aromatic N) is 2. The van der Waals surface area contributed by atoms with Gasteiger partial charge < -0.3 is 10.2 Å². The number of halogens is 1. The van der Waals surface area contributed by atoms with E-state index in [2.05, 4.69) is 17.2 Å². The molecule has 2 heterocycles. The van der Waals surface area contributed by atoms with Crippen molar-refractivity contribution in [1.29, 1.82) is 0 Å². The number of hydrogen-bond donors (Lipinski definition) is 1. The van der Waals surface area contributed by atoms with Gasteiger partial charge in [-0.05, 0) is 23.8 Å². The Labute approximate surface area is 116 Å². The molecule has 98 valence electrons. The van der Waals surface area contributed by atoms with E-state index in [0.29, 0.717) is 16.8 Å². The first-order valence-corrected chi connectivity index (χ1v) is 7.43. The van der Waals surface area contributed by atoms with Crippen molar-refractivity contribution in [2.45, 2.75) is 6.92 Å². The molecule has 1 aromatic heterocycles. The molecule has 1 fully saturated rings. The molecule has 1 atom stereocenters. The standard InChI is InChI=1S/C12H16ClN3OS/c1-9-7-16(4-5-18-8-9)12(17)15-10-2-3-11(13)14-6-10/h2-3,6,9H,4-5,7-8H2,1H3,(H,15,17). The van der Waals surface area contributed by atoms with Gasteiger partial charge in [0, 0.05) is 18.8 Å². The SMILES string of the molecule is CC1CSCCN(C(=O)Nc2ccc(Cl)nc2)C1. The van der Waals surface area contributed by atoms with Crippen LogP contribution in [0.2, 0.25) is 5.15 Å². The number of carbonyl (C=O) groups is 1. The van der Waals surface area contributed by atoms with Gasteiger partial charge in [0.1, 0.15) is 5.15 Å². The van der Waals surface area contributed by atoms with Crippen LogP contribution in [-0.4, -0.2) is 40.5 Å². The quantitative estimate of drug-likeness (QED) is 0.807. The van der Waals surface area contributed by atoms with Crippen molar-refractivity contribution < 1.29 is 4.79 Å². The monoisotopic (exact) mass is 285 g/mol. The largest absolute Gasteiger partial charge is 0.323 e. The van der Waals surface area contributed by atoms with Gasteiger partial charge in [-0.15, -0.1) is 0 Å². The molecule has 1 aromatic rings. The summed E-state index contributed by atoms with van der Waals surface area (Å²) in [5, 5.41) is 3.27. The van der Waals surface area contributed by atoms with Gasteiger partial charge in [0.25, 0.3) is 0 Å². The Bertz CT molecular complexity index is 412. The van der Waals surface area contributed by atoms with Crippen LogP contribution < -0.4 is 5.32 Å². The van der Waals surface area contributed by atoms with Gasteiger partial charge in [0.15, 0.2) is 0 Å². The minimum Gasteiger partial charge on any atom is -0.323 e. The van der Waals surface area contributed by atoms with Gasteiger partial charge in [0.05, 0.1) is 11.9 Å². The minimum absolute atomic E-state index is 0.0616. The lowest BCUT2D eigenvalue weighted by Crippen LogP contribution is -2.38. The summed E-state index contributed by atoms with van der Waals surface area (Å²) in [6, 6.07) is 3.36. The molecule has 0 saturated carbocycles. The summed E-state index contributed by atoms with van der Waals surface area (Å²) in [4.78, 5) is 17.9. The van der Waals surface area contributed by atoms with E-state index >= 15 is 0 Å². The van der Waals surface area contributed by atoms with Crippen LogP contribution in [0.15, 0.2) is 18.3 Å². The van der Waals surface area contributed by atoms with Crippen molar-refractivity contribution in [2.75, 3.05) is 29.9 Å². The maximum Gasteiger partial charge on any atom is 0.321 e. The smallest absolute Gasteiger partial charge is 0.321 e. The molecule has 2 amide bonds. The minimum atomic E-state index is -0.0616. The third-order valence-electron chi connectivity index (χ3n) is 2.71. The van der Waals surface area contributed by atoms with Crippen molar-refractivity contribution in [3.8, 4) is 0 Å². The van der Waals surface area contributed by atoms with Crippen molar-refractivity contribution in [2.24, 2.45) is 5.92 Å². The number of carbonyl (C=O) groups excluding carboxylic acids is 1. The highest BCUT2D eigenvalue weighted by atomic mass is 35.5. The van der Waals surface area contributed by atoms with E-state index in [-0.39, 0.29) is 6.03 Å². The first kappa shape index (κ1) is 13.5. The maximum atomic E-state index is 12.1. The van der Waals surface area contributed by atoms with Crippen molar-refractivity contribution in [3.63, 3.8) is 0 Å². The Balaban J connectivity index is 1.96. The maximum absolute atomic E-state index is 12.1. The van der Waals surface area contributed by atoms with Gasteiger partial charge in [0.2, 0.25) is 0 Å². The van der Waals surface area contributed by atoms with Gasteiger partial charge in [-0.3, -0.25) is 0 Å². The lowest BCUT2D eigenvalue weighted by Gasteiger charge is -2.22. The van der Waals surface area contributed by atoms with E-state index in [1.54, 1.807) is 18.3 Å². The second-order valence-electron chi connectivity index (χ2n) is 4.43. The number of anilines is 1. The predicted molar refractivity (Wildman–Crippen MR) is 76.3 cm³/mol. The number of pyridine rings is 1. The number of hydrogen-bond acceptors (Lipinski definition) is 3.